The molecule has 1 fully saturated rings. The second-order valence-electron chi connectivity index (χ2n) is 5.09. The monoisotopic (exact) mass is 301 g/mol. The summed E-state index contributed by atoms with van der Waals surface area (Å²) in [6, 6.07) is 4.75. The molecule has 1 aliphatic carbocycles. The zero-order valence-electron chi connectivity index (χ0n) is 10.6. The average Bonchev–Trinajstić information content (AvgIpc) is 2.37. The van der Waals surface area contributed by atoms with Gasteiger partial charge < -0.3 is 10.4 Å². The van der Waals surface area contributed by atoms with Gasteiger partial charge in [0, 0.05) is 11.6 Å². The van der Waals surface area contributed by atoms with Crippen LogP contribution in [0.1, 0.15) is 42.5 Å². The summed E-state index contributed by atoms with van der Waals surface area (Å²) >= 11 is 11.8. The number of halogens is 2. The van der Waals surface area contributed by atoms with E-state index >= 15 is 0 Å². The molecular formula is C14H17Cl2NO2. The molecule has 1 aliphatic rings. The fourth-order valence-electron chi connectivity index (χ4n) is 2.40. The lowest BCUT2D eigenvalue weighted by atomic mass is 9.85. The summed E-state index contributed by atoms with van der Waals surface area (Å²) in [5, 5.41) is 13.9. The van der Waals surface area contributed by atoms with Gasteiger partial charge in [-0.3, -0.25) is 4.79 Å². The van der Waals surface area contributed by atoms with Crippen LogP contribution in [0.3, 0.4) is 0 Å². The smallest absolute Gasteiger partial charge is 0.252 e. The standard InChI is InChI=1S/C14H17Cl2NO2/c15-10-4-5-11(12(16)8-10)13(18)17-9-14(19)6-2-1-3-7-14/h4-5,8,19H,1-3,6-7,9H2,(H,17,18). The van der Waals surface area contributed by atoms with Crippen LogP contribution in [0.5, 0.6) is 0 Å². The minimum atomic E-state index is -0.771. The molecule has 1 aromatic carbocycles. The first kappa shape index (κ1) is 14.6. The Kier molecular flexibility index (Phi) is 4.71. The molecule has 1 aromatic rings. The zero-order valence-corrected chi connectivity index (χ0v) is 12.1. The quantitative estimate of drug-likeness (QED) is 0.899. The van der Waals surface area contributed by atoms with Crippen molar-refractivity contribution in [2.24, 2.45) is 0 Å². The lowest BCUT2D eigenvalue weighted by Crippen LogP contribution is -2.44. The summed E-state index contributed by atoms with van der Waals surface area (Å²) in [6.45, 7) is 0.269. The Morgan fingerprint density at radius 2 is 1.95 bits per heavy atom. The highest BCUT2D eigenvalue weighted by Gasteiger charge is 2.29. The molecule has 2 N–H and O–H groups in total. The molecule has 0 radical (unpaired) electrons. The Morgan fingerprint density at radius 3 is 2.58 bits per heavy atom. The van der Waals surface area contributed by atoms with Crippen LogP contribution in [0, 0.1) is 0 Å². The van der Waals surface area contributed by atoms with E-state index in [0.717, 1.165) is 32.1 Å². The fraction of sp³-hybridized carbons (Fsp3) is 0.500. The summed E-state index contributed by atoms with van der Waals surface area (Å²) < 4.78 is 0. The second kappa shape index (κ2) is 6.12. The van der Waals surface area contributed by atoms with Gasteiger partial charge in [0.05, 0.1) is 16.2 Å². The van der Waals surface area contributed by atoms with Gasteiger partial charge in [0.2, 0.25) is 0 Å². The van der Waals surface area contributed by atoms with Gasteiger partial charge in [0.15, 0.2) is 0 Å². The van der Waals surface area contributed by atoms with E-state index in [2.05, 4.69) is 5.32 Å². The van der Waals surface area contributed by atoms with Gasteiger partial charge in [-0.05, 0) is 31.0 Å². The minimum Gasteiger partial charge on any atom is -0.388 e. The van der Waals surface area contributed by atoms with E-state index in [1.807, 2.05) is 0 Å². The number of rotatable bonds is 3. The van der Waals surface area contributed by atoms with Gasteiger partial charge in [0.25, 0.3) is 5.91 Å². The maximum atomic E-state index is 12.0. The third-order valence-corrected chi connectivity index (χ3v) is 4.09. The molecule has 3 nitrogen and oxygen atoms in total. The molecule has 0 unspecified atom stereocenters. The van der Waals surface area contributed by atoms with Crippen LogP contribution in [-0.4, -0.2) is 23.2 Å². The third kappa shape index (κ3) is 3.85. The van der Waals surface area contributed by atoms with Crippen molar-refractivity contribution < 1.29 is 9.90 Å². The van der Waals surface area contributed by atoms with Crippen LogP contribution < -0.4 is 5.32 Å². The van der Waals surface area contributed by atoms with Crippen LogP contribution in [0.15, 0.2) is 18.2 Å². The highest BCUT2D eigenvalue weighted by atomic mass is 35.5. The molecule has 0 saturated heterocycles. The van der Waals surface area contributed by atoms with Crippen molar-refractivity contribution in [2.75, 3.05) is 6.54 Å². The van der Waals surface area contributed by atoms with Crippen LogP contribution in [-0.2, 0) is 0 Å². The number of nitrogens with one attached hydrogen (secondary N) is 1. The van der Waals surface area contributed by atoms with Crippen molar-refractivity contribution in [3.8, 4) is 0 Å². The topological polar surface area (TPSA) is 49.3 Å². The molecule has 5 heteroatoms. The summed E-state index contributed by atoms with van der Waals surface area (Å²) in [7, 11) is 0. The number of hydrogen-bond acceptors (Lipinski definition) is 2. The molecule has 19 heavy (non-hydrogen) atoms. The van der Waals surface area contributed by atoms with Gasteiger partial charge in [0.1, 0.15) is 0 Å². The predicted octanol–water partition coefficient (Wildman–Crippen LogP) is 3.42. The van der Waals surface area contributed by atoms with Crippen LogP contribution in [0.2, 0.25) is 10.0 Å². The Balaban J connectivity index is 1.97. The molecule has 1 amide bonds. The average molecular weight is 302 g/mol. The lowest BCUT2D eigenvalue weighted by Gasteiger charge is -2.32. The number of benzene rings is 1. The molecule has 0 atom stereocenters. The van der Waals surface area contributed by atoms with Gasteiger partial charge >= 0.3 is 0 Å². The zero-order chi connectivity index (χ0) is 13.9. The van der Waals surface area contributed by atoms with Crippen molar-refractivity contribution >= 4 is 29.1 Å². The maximum absolute atomic E-state index is 12.0. The molecule has 0 aliphatic heterocycles. The molecule has 0 heterocycles. The number of hydrogen-bond donors (Lipinski definition) is 2. The number of aliphatic hydroxyl groups is 1. The Bertz CT molecular complexity index is 471. The van der Waals surface area contributed by atoms with Crippen molar-refractivity contribution in [1.29, 1.82) is 0 Å². The Labute approximate surface area is 122 Å². The summed E-state index contributed by atoms with van der Waals surface area (Å²) in [5.74, 6) is -0.277. The molecule has 104 valence electrons. The normalized spacial score (nSPS) is 18.1. The minimum absolute atomic E-state index is 0.269. The maximum Gasteiger partial charge on any atom is 0.252 e. The van der Waals surface area contributed by atoms with Crippen molar-refractivity contribution in [3.05, 3.63) is 33.8 Å². The second-order valence-corrected chi connectivity index (χ2v) is 5.94. The predicted molar refractivity (Wildman–Crippen MR) is 76.8 cm³/mol. The van der Waals surface area contributed by atoms with E-state index in [1.165, 1.54) is 6.07 Å². The molecule has 1 saturated carbocycles. The Morgan fingerprint density at radius 1 is 1.26 bits per heavy atom. The van der Waals surface area contributed by atoms with E-state index in [0.29, 0.717) is 15.6 Å². The van der Waals surface area contributed by atoms with E-state index in [4.69, 9.17) is 23.2 Å². The highest BCUT2D eigenvalue weighted by Crippen LogP contribution is 2.27. The Hall–Kier alpha value is -0.770. The SMILES string of the molecule is O=C(NCC1(O)CCCCC1)c1ccc(Cl)cc1Cl. The first-order valence-corrected chi connectivity index (χ1v) is 7.21. The first-order chi connectivity index (χ1) is 9.00. The summed E-state index contributed by atoms with van der Waals surface area (Å²) in [4.78, 5) is 12.0. The van der Waals surface area contributed by atoms with E-state index in [-0.39, 0.29) is 12.5 Å². The van der Waals surface area contributed by atoms with Gasteiger partial charge in [-0.2, -0.15) is 0 Å². The van der Waals surface area contributed by atoms with Crippen molar-refractivity contribution in [2.45, 2.75) is 37.7 Å². The van der Waals surface area contributed by atoms with E-state index in [9.17, 15) is 9.90 Å². The van der Waals surface area contributed by atoms with Crippen LogP contribution >= 0.6 is 23.2 Å². The molecule has 0 aromatic heterocycles. The number of amides is 1. The van der Waals surface area contributed by atoms with Gasteiger partial charge in [-0.25, -0.2) is 0 Å². The van der Waals surface area contributed by atoms with E-state index < -0.39 is 5.60 Å². The van der Waals surface area contributed by atoms with E-state index in [1.54, 1.807) is 12.1 Å². The fourth-order valence-corrected chi connectivity index (χ4v) is 2.89. The highest BCUT2D eigenvalue weighted by molar-refractivity contribution is 6.36. The van der Waals surface area contributed by atoms with Gasteiger partial charge in [-0.1, -0.05) is 42.5 Å². The van der Waals surface area contributed by atoms with Crippen LogP contribution in [0.4, 0.5) is 0 Å². The largest absolute Gasteiger partial charge is 0.388 e. The van der Waals surface area contributed by atoms with Crippen LogP contribution in [0.25, 0.3) is 0 Å². The summed E-state index contributed by atoms with van der Waals surface area (Å²) in [6.07, 6.45) is 4.64. The van der Waals surface area contributed by atoms with Crippen molar-refractivity contribution in [3.63, 3.8) is 0 Å². The first-order valence-electron chi connectivity index (χ1n) is 6.46. The number of carbonyl (C=O) groups is 1. The third-order valence-electron chi connectivity index (χ3n) is 3.54. The molecule has 0 bridgehead atoms. The van der Waals surface area contributed by atoms with Crippen molar-refractivity contribution in [1.82, 2.24) is 5.32 Å². The number of carbonyl (C=O) groups excluding carboxylic acids is 1. The summed E-state index contributed by atoms with van der Waals surface area (Å²) in [5.41, 5.74) is -0.391. The lowest BCUT2D eigenvalue weighted by molar-refractivity contribution is 0.00526. The molecule has 2 rings (SSSR count). The molecular weight excluding hydrogens is 285 g/mol. The molecule has 0 spiro atoms. The van der Waals surface area contributed by atoms with Gasteiger partial charge in [-0.15, -0.1) is 0 Å².